The third kappa shape index (κ3) is 4.46. The molecule has 2 N–H and O–H groups in total. The van der Waals surface area contributed by atoms with Crippen molar-refractivity contribution in [2.45, 2.75) is 5.92 Å². The minimum Gasteiger partial charge on any atom is -0.355 e. The van der Waals surface area contributed by atoms with Crippen LogP contribution in [0.5, 0.6) is 0 Å². The van der Waals surface area contributed by atoms with Crippen molar-refractivity contribution in [1.29, 1.82) is 0 Å². The molecular formula is C20H18BrN3O2. The molecule has 3 rings (SSSR count). The molecule has 0 radical (unpaired) electrons. The zero-order valence-electron chi connectivity index (χ0n) is 13.9. The van der Waals surface area contributed by atoms with Gasteiger partial charge in [-0.3, -0.25) is 9.59 Å². The molecule has 1 aliphatic heterocycles. The lowest BCUT2D eigenvalue weighted by Gasteiger charge is -2.15. The van der Waals surface area contributed by atoms with Crippen LogP contribution in [0.25, 0.3) is 6.08 Å². The molecule has 6 heteroatoms. The van der Waals surface area contributed by atoms with Crippen LogP contribution in [0.1, 0.15) is 17.0 Å². The Balaban J connectivity index is 1.65. The lowest BCUT2D eigenvalue weighted by Crippen LogP contribution is -2.34. The molecule has 1 saturated heterocycles. The summed E-state index contributed by atoms with van der Waals surface area (Å²) in [7, 11) is 0. The van der Waals surface area contributed by atoms with Crippen LogP contribution >= 0.6 is 15.9 Å². The zero-order chi connectivity index (χ0) is 18.4. The van der Waals surface area contributed by atoms with Gasteiger partial charge in [0.15, 0.2) is 0 Å². The predicted octanol–water partition coefficient (Wildman–Crippen LogP) is 3.05. The van der Waals surface area contributed by atoms with Gasteiger partial charge in [-0.2, -0.15) is 5.10 Å². The van der Waals surface area contributed by atoms with Crippen LogP contribution in [0.2, 0.25) is 0 Å². The number of nitrogens with one attached hydrogen (secondary N) is 2. The van der Waals surface area contributed by atoms with E-state index in [1.807, 2.05) is 66.7 Å². The maximum atomic E-state index is 12.5. The molecule has 2 aromatic carbocycles. The number of nitrogens with zero attached hydrogens (tertiary/aromatic N) is 1. The average molecular weight is 412 g/mol. The first kappa shape index (κ1) is 18.1. The predicted molar refractivity (Wildman–Crippen MR) is 106 cm³/mol. The standard InChI is InChI=1S/C20H18BrN3O2/c21-16(11-14-7-3-1-4-8-14)12-23-24-20(26)18-17(13-22-19(18)25)15-9-5-2-6-10-15/h1-12,17-18H,13H2,(H,22,25)(H,24,26)/b16-11-,23-12+/t17-,18+/m1/s1. The van der Waals surface area contributed by atoms with E-state index < -0.39 is 11.8 Å². The summed E-state index contributed by atoms with van der Waals surface area (Å²) in [6, 6.07) is 19.3. The summed E-state index contributed by atoms with van der Waals surface area (Å²) in [6.45, 7) is 0.447. The van der Waals surface area contributed by atoms with Crippen molar-refractivity contribution < 1.29 is 9.59 Å². The van der Waals surface area contributed by atoms with E-state index in [2.05, 4.69) is 31.8 Å². The fraction of sp³-hybridized carbons (Fsp3) is 0.150. The molecular weight excluding hydrogens is 394 g/mol. The molecule has 0 saturated carbocycles. The Morgan fingerprint density at radius 1 is 1.12 bits per heavy atom. The molecule has 2 aromatic rings. The van der Waals surface area contributed by atoms with E-state index >= 15 is 0 Å². The molecule has 2 atom stereocenters. The first-order valence-corrected chi connectivity index (χ1v) is 9.02. The number of rotatable bonds is 5. The van der Waals surface area contributed by atoms with Crippen LogP contribution in [-0.4, -0.2) is 24.6 Å². The summed E-state index contributed by atoms with van der Waals surface area (Å²) in [4.78, 5) is 24.6. The summed E-state index contributed by atoms with van der Waals surface area (Å²) < 4.78 is 0.708. The number of allylic oxidation sites excluding steroid dienone is 1. The summed E-state index contributed by atoms with van der Waals surface area (Å²) in [5.74, 6) is -1.66. The second-order valence-corrected chi connectivity index (χ2v) is 6.83. The Morgan fingerprint density at radius 2 is 1.77 bits per heavy atom. The summed E-state index contributed by atoms with van der Waals surface area (Å²) in [5.41, 5.74) is 4.44. The Hall–Kier alpha value is -2.73. The van der Waals surface area contributed by atoms with E-state index in [-0.39, 0.29) is 11.8 Å². The largest absolute Gasteiger partial charge is 0.355 e. The SMILES string of the molecule is O=C1NC[C@H](c2ccccc2)[C@@H]1C(=O)N/N=C/C(Br)=C/c1ccccc1. The van der Waals surface area contributed by atoms with Gasteiger partial charge in [0, 0.05) is 16.9 Å². The number of carbonyl (C=O) groups is 2. The number of hydrogen-bond acceptors (Lipinski definition) is 3. The number of hydrazone groups is 1. The number of halogens is 1. The first-order chi connectivity index (χ1) is 12.6. The highest BCUT2D eigenvalue weighted by atomic mass is 79.9. The lowest BCUT2D eigenvalue weighted by molar-refractivity contribution is -0.133. The van der Waals surface area contributed by atoms with Gasteiger partial charge in [-0.25, -0.2) is 5.43 Å². The monoisotopic (exact) mass is 411 g/mol. The molecule has 0 aromatic heterocycles. The van der Waals surface area contributed by atoms with Gasteiger partial charge in [0.1, 0.15) is 5.92 Å². The van der Waals surface area contributed by atoms with Crippen LogP contribution in [0, 0.1) is 5.92 Å². The van der Waals surface area contributed by atoms with Crippen molar-refractivity contribution in [1.82, 2.24) is 10.7 Å². The van der Waals surface area contributed by atoms with E-state index in [0.717, 1.165) is 11.1 Å². The number of hydrogen-bond donors (Lipinski definition) is 2. The zero-order valence-corrected chi connectivity index (χ0v) is 15.5. The summed E-state index contributed by atoms with van der Waals surface area (Å²) >= 11 is 3.39. The van der Waals surface area contributed by atoms with Gasteiger partial charge in [0.05, 0.1) is 6.21 Å². The quantitative estimate of drug-likeness (QED) is 0.450. The maximum Gasteiger partial charge on any atom is 0.253 e. The molecule has 26 heavy (non-hydrogen) atoms. The second-order valence-electron chi connectivity index (χ2n) is 5.91. The molecule has 0 bridgehead atoms. The third-order valence-electron chi connectivity index (χ3n) is 4.16. The van der Waals surface area contributed by atoms with Crippen LogP contribution in [0.3, 0.4) is 0 Å². The van der Waals surface area contributed by atoms with E-state index in [4.69, 9.17) is 0 Å². The van der Waals surface area contributed by atoms with Crippen molar-refractivity contribution in [3.63, 3.8) is 0 Å². The minimum absolute atomic E-state index is 0.192. The van der Waals surface area contributed by atoms with Crippen molar-refractivity contribution in [3.8, 4) is 0 Å². The Labute approximate surface area is 160 Å². The van der Waals surface area contributed by atoms with Crippen molar-refractivity contribution in [2.75, 3.05) is 6.54 Å². The highest BCUT2D eigenvalue weighted by molar-refractivity contribution is 9.12. The number of carbonyl (C=O) groups excluding carboxylic acids is 2. The highest BCUT2D eigenvalue weighted by Crippen LogP contribution is 2.28. The van der Waals surface area contributed by atoms with Crippen LogP contribution < -0.4 is 10.7 Å². The minimum atomic E-state index is -0.786. The Morgan fingerprint density at radius 3 is 2.46 bits per heavy atom. The van der Waals surface area contributed by atoms with Gasteiger partial charge >= 0.3 is 0 Å². The average Bonchev–Trinajstić information content (AvgIpc) is 3.05. The Bertz CT molecular complexity index is 835. The smallest absolute Gasteiger partial charge is 0.253 e. The summed E-state index contributed by atoms with van der Waals surface area (Å²) in [6.07, 6.45) is 3.37. The van der Waals surface area contributed by atoms with Crippen LogP contribution in [0.15, 0.2) is 70.2 Å². The number of benzene rings is 2. The molecule has 1 aliphatic rings. The molecule has 132 valence electrons. The molecule has 0 spiro atoms. The van der Waals surface area contributed by atoms with Gasteiger partial charge in [-0.05, 0) is 33.1 Å². The van der Waals surface area contributed by atoms with E-state index in [1.54, 1.807) is 0 Å². The van der Waals surface area contributed by atoms with Crippen molar-refractivity contribution in [2.24, 2.45) is 11.0 Å². The van der Waals surface area contributed by atoms with Crippen LogP contribution in [-0.2, 0) is 9.59 Å². The molecule has 1 heterocycles. The highest BCUT2D eigenvalue weighted by Gasteiger charge is 2.40. The van der Waals surface area contributed by atoms with Crippen LogP contribution in [0.4, 0.5) is 0 Å². The van der Waals surface area contributed by atoms with Gasteiger partial charge in [-0.1, -0.05) is 60.7 Å². The topological polar surface area (TPSA) is 70.6 Å². The van der Waals surface area contributed by atoms with E-state index in [9.17, 15) is 9.59 Å². The lowest BCUT2D eigenvalue weighted by atomic mass is 9.88. The van der Waals surface area contributed by atoms with E-state index in [1.165, 1.54) is 6.21 Å². The normalized spacial score (nSPS) is 20.2. The van der Waals surface area contributed by atoms with Crippen molar-refractivity contribution >= 4 is 40.0 Å². The van der Waals surface area contributed by atoms with Gasteiger partial charge in [0.2, 0.25) is 5.91 Å². The van der Waals surface area contributed by atoms with Gasteiger partial charge in [0.25, 0.3) is 5.91 Å². The summed E-state index contributed by atoms with van der Waals surface area (Å²) in [5, 5.41) is 6.71. The maximum absolute atomic E-state index is 12.5. The molecule has 0 aliphatic carbocycles. The fourth-order valence-corrected chi connectivity index (χ4v) is 3.27. The number of amides is 2. The van der Waals surface area contributed by atoms with Crippen molar-refractivity contribution in [3.05, 3.63) is 76.3 Å². The second kappa shape index (κ2) is 8.58. The third-order valence-corrected chi connectivity index (χ3v) is 4.59. The van der Waals surface area contributed by atoms with Gasteiger partial charge < -0.3 is 5.32 Å². The Kier molecular flexibility index (Phi) is 5.96. The molecule has 1 fully saturated rings. The fourth-order valence-electron chi connectivity index (χ4n) is 2.91. The van der Waals surface area contributed by atoms with E-state index in [0.29, 0.717) is 11.0 Å². The molecule has 0 unspecified atom stereocenters. The first-order valence-electron chi connectivity index (χ1n) is 8.23. The van der Waals surface area contributed by atoms with Gasteiger partial charge in [-0.15, -0.1) is 0 Å². The molecule has 2 amide bonds. The molecule has 5 nitrogen and oxygen atoms in total.